The van der Waals surface area contributed by atoms with E-state index in [0.29, 0.717) is 4.21 Å². The summed E-state index contributed by atoms with van der Waals surface area (Å²) < 4.78 is 44.6. The fourth-order valence-corrected chi connectivity index (χ4v) is 4.17. The Morgan fingerprint density at radius 2 is 2.05 bits per heavy atom. The zero-order chi connectivity index (χ0) is 14.0. The highest BCUT2D eigenvalue weighted by atomic mass is 32.3. The van der Waals surface area contributed by atoms with Crippen LogP contribution in [-0.2, 0) is 10.1 Å². The van der Waals surface area contributed by atoms with Gasteiger partial charge in [0.05, 0.1) is 15.8 Å². The monoisotopic (exact) mass is 315 g/mol. The average molecular weight is 315 g/mol. The third-order valence-corrected chi connectivity index (χ3v) is 5.67. The molecule has 0 aliphatic rings. The highest BCUT2D eigenvalue weighted by Gasteiger charge is 2.14. The van der Waals surface area contributed by atoms with E-state index in [9.17, 15) is 12.8 Å². The van der Waals surface area contributed by atoms with Gasteiger partial charge in [0.15, 0.2) is 0 Å². The molecular formula is C11H6FNO3S3. The van der Waals surface area contributed by atoms with Crippen LogP contribution in [0.5, 0.6) is 0 Å². The molecular weight excluding hydrogens is 309 g/mol. The maximum Gasteiger partial charge on any atom is 0.304 e. The van der Waals surface area contributed by atoms with Crippen LogP contribution in [0.15, 0.2) is 43.6 Å². The van der Waals surface area contributed by atoms with Crippen LogP contribution >= 0.6 is 23.1 Å². The predicted molar refractivity (Wildman–Crippen MR) is 69.4 cm³/mol. The van der Waals surface area contributed by atoms with Crippen molar-refractivity contribution in [1.29, 1.82) is 5.26 Å². The van der Waals surface area contributed by atoms with Gasteiger partial charge in [-0.3, -0.25) is 4.55 Å². The minimum atomic E-state index is -4.23. The van der Waals surface area contributed by atoms with E-state index < -0.39 is 15.9 Å². The standard InChI is InChI=1S/C11H6FNO3S3/c12-8-5-7(6-13)1-2-9(8)17-10-3-4-11(18-10)19(14,15)16/h1-5H,(H,14,15,16). The molecule has 0 radical (unpaired) electrons. The Kier molecular flexibility index (Phi) is 3.91. The molecule has 0 atom stereocenters. The summed E-state index contributed by atoms with van der Waals surface area (Å²) in [6, 6.07) is 8.60. The van der Waals surface area contributed by atoms with E-state index >= 15 is 0 Å². The summed E-state index contributed by atoms with van der Waals surface area (Å²) in [6.07, 6.45) is 0. The Labute approximate surface area is 117 Å². The van der Waals surface area contributed by atoms with E-state index in [1.54, 1.807) is 0 Å². The summed E-state index contributed by atoms with van der Waals surface area (Å²) in [6.45, 7) is 0. The maximum absolute atomic E-state index is 13.6. The van der Waals surface area contributed by atoms with Gasteiger partial charge in [-0.25, -0.2) is 4.39 Å². The topological polar surface area (TPSA) is 78.2 Å². The largest absolute Gasteiger partial charge is 0.304 e. The Morgan fingerprint density at radius 1 is 1.32 bits per heavy atom. The molecule has 0 spiro atoms. The van der Waals surface area contributed by atoms with Crippen LogP contribution in [0.3, 0.4) is 0 Å². The third kappa shape index (κ3) is 3.33. The summed E-state index contributed by atoms with van der Waals surface area (Å²) >= 11 is 1.88. The normalized spacial score (nSPS) is 11.2. The van der Waals surface area contributed by atoms with Crippen LogP contribution in [0.4, 0.5) is 4.39 Å². The zero-order valence-corrected chi connectivity index (χ0v) is 11.6. The first-order valence-corrected chi connectivity index (χ1v) is 7.92. The van der Waals surface area contributed by atoms with Crippen molar-refractivity contribution in [2.45, 2.75) is 13.3 Å². The lowest BCUT2D eigenvalue weighted by Gasteiger charge is -2.00. The molecule has 1 aromatic carbocycles. The van der Waals surface area contributed by atoms with E-state index in [-0.39, 0.29) is 14.7 Å². The minimum absolute atomic E-state index is 0.191. The van der Waals surface area contributed by atoms with Gasteiger partial charge in [-0.1, -0.05) is 11.8 Å². The van der Waals surface area contributed by atoms with Crippen LogP contribution in [0.2, 0.25) is 0 Å². The van der Waals surface area contributed by atoms with Crippen molar-refractivity contribution in [3.8, 4) is 6.07 Å². The summed E-state index contributed by atoms with van der Waals surface area (Å²) in [5, 5.41) is 8.62. The van der Waals surface area contributed by atoms with Gasteiger partial charge in [-0.2, -0.15) is 13.7 Å². The third-order valence-electron chi connectivity index (χ3n) is 2.08. The van der Waals surface area contributed by atoms with Gasteiger partial charge < -0.3 is 0 Å². The number of thiophene rings is 1. The number of nitrogens with zero attached hydrogens (tertiary/aromatic N) is 1. The highest BCUT2D eigenvalue weighted by molar-refractivity contribution is 8.01. The number of hydrogen-bond acceptors (Lipinski definition) is 5. The first-order valence-electron chi connectivity index (χ1n) is 4.85. The van der Waals surface area contributed by atoms with E-state index in [1.807, 2.05) is 6.07 Å². The average Bonchev–Trinajstić information content (AvgIpc) is 2.80. The molecule has 1 heterocycles. The van der Waals surface area contributed by atoms with Crippen LogP contribution < -0.4 is 0 Å². The molecule has 1 N–H and O–H groups in total. The maximum atomic E-state index is 13.6. The van der Waals surface area contributed by atoms with Crippen LogP contribution in [0, 0.1) is 17.1 Å². The lowest BCUT2D eigenvalue weighted by molar-refractivity contribution is 0.485. The molecule has 19 heavy (non-hydrogen) atoms. The van der Waals surface area contributed by atoms with Crippen LogP contribution in [0.25, 0.3) is 0 Å². The van der Waals surface area contributed by atoms with E-state index in [4.69, 9.17) is 9.81 Å². The molecule has 8 heteroatoms. The first kappa shape index (κ1) is 14.0. The van der Waals surface area contributed by atoms with Gasteiger partial charge in [0.25, 0.3) is 0 Å². The quantitative estimate of drug-likeness (QED) is 0.880. The van der Waals surface area contributed by atoms with E-state index in [1.165, 1.54) is 24.3 Å². The van der Waals surface area contributed by atoms with Gasteiger partial charge >= 0.3 is 10.1 Å². The summed E-state index contributed by atoms with van der Waals surface area (Å²) in [5.41, 5.74) is 0.214. The summed E-state index contributed by atoms with van der Waals surface area (Å²) in [4.78, 5) is 0.280. The number of hydrogen-bond donors (Lipinski definition) is 1. The lowest BCUT2D eigenvalue weighted by Crippen LogP contribution is -1.92. The predicted octanol–water partition coefficient (Wildman–Crippen LogP) is 3.16. The van der Waals surface area contributed by atoms with E-state index in [2.05, 4.69) is 0 Å². The lowest BCUT2D eigenvalue weighted by atomic mass is 10.2. The SMILES string of the molecule is N#Cc1ccc(Sc2ccc(S(=O)(=O)O)s2)c(F)c1. The highest BCUT2D eigenvalue weighted by Crippen LogP contribution is 2.36. The first-order chi connectivity index (χ1) is 8.90. The van der Waals surface area contributed by atoms with Crippen molar-refractivity contribution in [1.82, 2.24) is 0 Å². The van der Waals surface area contributed by atoms with Crippen molar-refractivity contribution in [3.63, 3.8) is 0 Å². The second kappa shape index (κ2) is 5.30. The van der Waals surface area contributed by atoms with Crippen molar-refractivity contribution in [3.05, 3.63) is 41.7 Å². The molecule has 98 valence electrons. The van der Waals surface area contributed by atoms with Crippen LogP contribution in [0.1, 0.15) is 5.56 Å². The van der Waals surface area contributed by atoms with Crippen molar-refractivity contribution in [2.24, 2.45) is 0 Å². The second-order valence-electron chi connectivity index (χ2n) is 3.41. The Bertz CT molecular complexity index is 762. The molecule has 0 unspecified atom stereocenters. The molecule has 0 bridgehead atoms. The smallest absolute Gasteiger partial charge is 0.281 e. The zero-order valence-electron chi connectivity index (χ0n) is 9.20. The van der Waals surface area contributed by atoms with Gasteiger partial charge in [-0.15, -0.1) is 11.3 Å². The second-order valence-corrected chi connectivity index (χ2v) is 7.48. The molecule has 1 aromatic heterocycles. The van der Waals surface area contributed by atoms with E-state index in [0.717, 1.165) is 29.2 Å². The molecule has 0 saturated carbocycles. The van der Waals surface area contributed by atoms with Gasteiger partial charge in [0.2, 0.25) is 0 Å². The minimum Gasteiger partial charge on any atom is -0.281 e. The van der Waals surface area contributed by atoms with Crippen molar-refractivity contribution < 1.29 is 17.4 Å². The molecule has 0 aliphatic heterocycles. The van der Waals surface area contributed by atoms with Crippen molar-refractivity contribution >= 4 is 33.2 Å². The molecule has 0 saturated heterocycles. The molecule has 4 nitrogen and oxygen atoms in total. The fraction of sp³-hybridized carbons (Fsp3) is 0. The van der Waals surface area contributed by atoms with Gasteiger partial charge in [-0.05, 0) is 30.3 Å². The Hall–Kier alpha value is -1.40. The number of halogens is 1. The fourth-order valence-electron chi connectivity index (χ4n) is 1.26. The molecule has 0 fully saturated rings. The number of nitriles is 1. The molecule has 0 aliphatic carbocycles. The molecule has 2 rings (SSSR count). The van der Waals surface area contributed by atoms with Gasteiger partial charge in [0, 0.05) is 4.90 Å². The summed E-state index contributed by atoms with van der Waals surface area (Å²) in [5.74, 6) is -0.550. The Morgan fingerprint density at radius 3 is 2.58 bits per heavy atom. The Balaban J connectivity index is 2.27. The molecule has 2 aromatic rings. The van der Waals surface area contributed by atoms with Gasteiger partial charge in [0.1, 0.15) is 10.0 Å². The number of rotatable bonds is 3. The van der Waals surface area contributed by atoms with Crippen LogP contribution in [-0.4, -0.2) is 13.0 Å². The van der Waals surface area contributed by atoms with Crippen molar-refractivity contribution in [2.75, 3.05) is 0 Å². The molecule has 0 amide bonds. The number of benzene rings is 1. The summed E-state index contributed by atoms with van der Waals surface area (Å²) in [7, 11) is -4.23.